The molecule has 21 heavy (non-hydrogen) atoms. The summed E-state index contributed by atoms with van der Waals surface area (Å²) in [4.78, 5) is 6.25. The molecule has 0 aromatic carbocycles. The third-order valence-corrected chi connectivity index (χ3v) is 4.76. The maximum Gasteiger partial charge on any atom is 0.259 e. The lowest BCUT2D eigenvalue weighted by atomic mass is 10.3. The van der Waals surface area contributed by atoms with Crippen LogP contribution in [-0.2, 0) is 21.3 Å². The van der Waals surface area contributed by atoms with Crippen molar-refractivity contribution in [2.75, 3.05) is 39.4 Å². The summed E-state index contributed by atoms with van der Waals surface area (Å²) in [7, 11) is -3.49. The Kier molecular flexibility index (Phi) is 6.16. The Balaban J connectivity index is 1.75. The van der Waals surface area contributed by atoms with E-state index in [0.29, 0.717) is 6.54 Å². The Hall–Kier alpha value is -0.960. The molecule has 7 nitrogen and oxygen atoms in total. The summed E-state index contributed by atoms with van der Waals surface area (Å²) >= 11 is 0. The fourth-order valence-electron chi connectivity index (χ4n) is 2.27. The average molecular weight is 316 g/mol. The van der Waals surface area contributed by atoms with E-state index in [1.165, 1.54) is 0 Å². The van der Waals surface area contributed by atoms with Crippen LogP contribution in [0.4, 0.5) is 0 Å². The van der Waals surface area contributed by atoms with Crippen LogP contribution in [0.5, 0.6) is 0 Å². The van der Waals surface area contributed by atoms with Gasteiger partial charge in [-0.25, -0.2) is 18.1 Å². The second kappa shape index (κ2) is 7.88. The van der Waals surface area contributed by atoms with Crippen LogP contribution in [-0.4, -0.2) is 62.3 Å². The molecule has 0 atom stereocenters. The number of hydrogen-bond acceptors (Lipinski definition) is 5. The average Bonchev–Trinajstić information content (AvgIpc) is 2.95. The monoisotopic (exact) mass is 316 g/mol. The predicted octanol–water partition coefficient (Wildman–Crippen LogP) is 0.294. The zero-order valence-corrected chi connectivity index (χ0v) is 13.3. The van der Waals surface area contributed by atoms with E-state index in [2.05, 4.69) is 14.6 Å². The molecule has 0 bridgehead atoms. The number of hydrogen-bond donors (Lipinski definition) is 1. The van der Waals surface area contributed by atoms with Crippen molar-refractivity contribution in [3.05, 3.63) is 12.5 Å². The summed E-state index contributed by atoms with van der Waals surface area (Å²) < 4.78 is 33.8. The van der Waals surface area contributed by atoms with Crippen molar-refractivity contribution in [2.24, 2.45) is 0 Å². The number of aryl methyl sites for hydroxylation is 1. The predicted molar refractivity (Wildman–Crippen MR) is 79.6 cm³/mol. The lowest BCUT2D eigenvalue weighted by molar-refractivity contribution is 0.0376. The van der Waals surface area contributed by atoms with Gasteiger partial charge < -0.3 is 9.30 Å². The van der Waals surface area contributed by atoms with E-state index < -0.39 is 10.0 Å². The fraction of sp³-hybridized carbons (Fsp3) is 0.769. The van der Waals surface area contributed by atoms with E-state index in [0.717, 1.165) is 52.2 Å². The Morgan fingerprint density at radius 2 is 2.10 bits per heavy atom. The highest BCUT2D eigenvalue weighted by Crippen LogP contribution is 2.06. The first-order valence-corrected chi connectivity index (χ1v) is 8.91. The SMILES string of the molecule is CCCn1cnc(S(=O)(=O)NCCCN2CCOCC2)c1. The number of ether oxygens (including phenoxy) is 1. The zero-order valence-electron chi connectivity index (χ0n) is 12.5. The van der Waals surface area contributed by atoms with Crippen molar-refractivity contribution >= 4 is 10.0 Å². The second-order valence-electron chi connectivity index (χ2n) is 5.16. The van der Waals surface area contributed by atoms with Gasteiger partial charge in [-0.2, -0.15) is 0 Å². The normalized spacial score (nSPS) is 17.2. The van der Waals surface area contributed by atoms with E-state index in [4.69, 9.17) is 4.74 Å². The van der Waals surface area contributed by atoms with Gasteiger partial charge in [0.1, 0.15) is 0 Å². The topological polar surface area (TPSA) is 76.5 Å². The minimum atomic E-state index is -3.49. The summed E-state index contributed by atoms with van der Waals surface area (Å²) in [5, 5.41) is 0.0994. The van der Waals surface area contributed by atoms with Crippen molar-refractivity contribution in [1.29, 1.82) is 0 Å². The maximum atomic E-state index is 12.1. The highest BCUT2D eigenvalue weighted by atomic mass is 32.2. The van der Waals surface area contributed by atoms with Gasteiger partial charge in [0, 0.05) is 32.4 Å². The van der Waals surface area contributed by atoms with Gasteiger partial charge in [-0.3, -0.25) is 4.90 Å². The number of nitrogens with zero attached hydrogens (tertiary/aromatic N) is 3. The third kappa shape index (κ3) is 5.06. The summed E-state index contributed by atoms with van der Waals surface area (Å²) in [6.45, 7) is 7.51. The minimum Gasteiger partial charge on any atom is -0.379 e. The van der Waals surface area contributed by atoms with E-state index in [1.54, 1.807) is 17.1 Å². The number of imidazole rings is 1. The molecule has 120 valence electrons. The van der Waals surface area contributed by atoms with Crippen LogP contribution >= 0.6 is 0 Å². The molecule has 0 aliphatic carbocycles. The first-order chi connectivity index (χ1) is 10.1. The van der Waals surface area contributed by atoms with Gasteiger partial charge in [0.15, 0.2) is 5.03 Å². The van der Waals surface area contributed by atoms with Gasteiger partial charge in [-0.15, -0.1) is 0 Å². The van der Waals surface area contributed by atoms with E-state index in [1.807, 2.05) is 6.92 Å². The molecule has 8 heteroatoms. The Labute approximate surface area is 126 Å². The van der Waals surface area contributed by atoms with Crippen LogP contribution < -0.4 is 4.72 Å². The maximum absolute atomic E-state index is 12.1. The molecule has 1 N–H and O–H groups in total. The molecular formula is C13H24N4O3S. The lowest BCUT2D eigenvalue weighted by Crippen LogP contribution is -2.38. The quantitative estimate of drug-likeness (QED) is 0.698. The minimum absolute atomic E-state index is 0.0994. The van der Waals surface area contributed by atoms with Gasteiger partial charge in [-0.1, -0.05) is 6.92 Å². The number of rotatable bonds is 8. The first kappa shape index (κ1) is 16.4. The van der Waals surface area contributed by atoms with Gasteiger partial charge >= 0.3 is 0 Å². The molecule has 2 heterocycles. The molecule has 1 aromatic rings. The molecule has 2 rings (SSSR count). The van der Waals surface area contributed by atoms with Crippen LogP contribution in [0.25, 0.3) is 0 Å². The smallest absolute Gasteiger partial charge is 0.259 e. The summed E-state index contributed by atoms with van der Waals surface area (Å²) in [5.41, 5.74) is 0. The van der Waals surface area contributed by atoms with Crippen LogP contribution in [0, 0.1) is 0 Å². The van der Waals surface area contributed by atoms with Crippen LogP contribution in [0.3, 0.4) is 0 Å². The highest BCUT2D eigenvalue weighted by molar-refractivity contribution is 7.89. The number of nitrogens with one attached hydrogen (secondary N) is 1. The van der Waals surface area contributed by atoms with Crippen molar-refractivity contribution in [1.82, 2.24) is 19.2 Å². The standard InChI is InChI=1S/C13H24N4O3S/c1-2-5-17-11-13(14-12-17)21(18,19)15-4-3-6-16-7-9-20-10-8-16/h11-12,15H,2-10H2,1H3. The molecule has 0 saturated carbocycles. The first-order valence-electron chi connectivity index (χ1n) is 7.43. The van der Waals surface area contributed by atoms with Gasteiger partial charge in [0.2, 0.25) is 0 Å². The molecule has 0 radical (unpaired) electrons. The molecule has 1 aliphatic rings. The fourth-order valence-corrected chi connectivity index (χ4v) is 3.29. The van der Waals surface area contributed by atoms with Crippen LogP contribution in [0.1, 0.15) is 19.8 Å². The van der Waals surface area contributed by atoms with Crippen molar-refractivity contribution < 1.29 is 13.2 Å². The zero-order chi connectivity index (χ0) is 15.1. The molecule has 0 unspecified atom stereocenters. The molecule has 0 amide bonds. The molecule has 0 spiro atoms. The molecule has 1 aromatic heterocycles. The largest absolute Gasteiger partial charge is 0.379 e. The number of morpholine rings is 1. The Bertz CT molecular complexity index is 523. The molecule has 1 aliphatic heterocycles. The van der Waals surface area contributed by atoms with Crippen molar-refractivity contribution in [3.8, 4) is 0 Å². The van der Waals surface area contributed by atoms with Crippen LogP contribution in [0.15, 0.2) is 17.6 Å². The van der Waals surface area contributed by atoms with Gasteiger partial charge in [0.25, 0.3) is 10.0 Å². The van der Waals surface area contributed by atoms with Gasteiger partial charge in [0.05, 0.1) is 19.5 Å². The summed E-state index contributed by atoms with van der Waals surface area (Å²) in [5.74, 6) is 0. The van der Waals surface area contributed by atoms with Crippen molar-refractivity contribution in [3.63, 3.8) is 0 Å². The summed E-state index contributed by atoms with van der Waals surface area (Å²) in [6.07, 6.45) is 4.87. The molecular weight excluding hydrogens is 292 g/mol. The Morgan fingerprint density at radius 3 is 2.81 bits per heavy atom. The number of aromatic nitrogens is 2. The molecule has 1 fully saturated rings. The third-order valence-electron chi connectivity index (χ3n) is 3.41. The Morgan fingerprint density at radius 1 is 1.33 bits per heavy atom. The van der Waals surface area contributed by atoms with Gasteiger partial charge in [-0.05, 0) is 19.4 Å². The number of sulfonamides is 1. The van der Waals surface area contributed by atoms with Crippen LogP contribution in [0.2, 0.25) is 0 Å². The van der Waals surface area contributed by atoms with E-state index in [9.17, 15) is 8.42 Å². The van der Waals surface area contributed by atoms with E-state index in [-0.39, 0.29) is 5.03 Å². The highest BCUT2D eigenvalue weighted by Gasteiger charge is 2.17. The van der Waals surface area contributed by atoms with Crippen molar-refractivity contribution in [2.45, 2.75) is 31.3 Å². The van der Waals surface area contributed by atoms with E-state index >= 15 is 0 Å². The summed E-state index contributed by atoms with van der Waals surface area (Å²) in [6, 6.07) is 0. The lowest BCUT2D eigenvalue weighted by Gasteiger charge is -2.26. The second-order valence-corrected chi connectivity index (χ2v) is 6.87. The molecule has 1 saturated heterocycles.